The van der Waals surface area contributed by atoms with Crippen molar-refractivity contribution in [2.75, 3.05) is 20.3 Å². The van der Waals surface area contributed by atoms with Gasteiger partial charge in [0.1, 0.15) is 20.1 Å². The highest BCUT2D eigenvalue weighted by Crippen LogP contribution is 2.08. The van der Waals surface area contributed by atoms with E-state index in [4.69, 9.17) is 9.47 Å². The fourth-order valence-electron chi connectivity index (χ4n) is 1.47. The Morgan fingerprint density at radius 3 is 3.06 bits per heavy atom. The lowest BCUT2D eigenvalue weighted by Crippen LogP contribution is -2.08. The SMILES string of the molecule is Bc1ccc2c(c1)nnn2COCCOC. The van der Waals surface area contributed by atoms with Gasteiger partial charge in [-0.15, -0.1) is 5.10 Å². The van der Waals surface area contributed by atoms with Crippen molar-refractivity contribution in [1.29, 1.82) is 0 Å². The lowest BCUT2D eigenvalue weighted by molar-refractivity contribution is 0.0300. The molecule has 6 heteroatoms. The number of aromatic nitrogens is 3. The van der Waals surface area contributed by atoms with Crippen LogP contribution in [0.2, 0.25) is 0 Å². The Labute approximate surface area is 94.7 Å². The number of methoxy groups -OCH3 is 1. The Bertz CT molecular complexity index is 472. The molecule has 0 fully saturated rings. The van der Waals surface area contributed by atoms with Crippen molar-refractivity contribution in [2.45, 2.75) is 6.73 Å². The molecule has 0 amide bonds. The van der Waals surface area contributed by atoms with E-state index >= 15 is 0 Å². The predicted molar refractivity (Wildman–Crippen MR) is 63.5 cm³/mol. The molecule has 0 saturated carbocycles. The highest BCUT2D eigenvalue weighted by molar-refractivity contribution is 6.33. The molecule has 0 bridgehead atoms. The second kappa shape index (κ2) is 5.09. The topological polar surface area (TPSA) is 49.2 Å². The van der Waals surface area contributed by atoms with Gasteiger partial charge in [-0.2, -0.15) is 0 Å². The van der Waals surface area contributed by atoms with Crippen molar-refractivity contribution in [2.24, 2.45) is 0 Å². The molecular weight excluding hydrogens is 205 g/mol. The van der Waals surface area contributed by atoms with E-state index in [2.05, 4.69) is 10.3 Å². The fraction of sp³-hybridized carbons (Fsp3) is 0.400. The number of hydrogen-bond acceptors (Lipinski definition) is 4. The van der Waals surface area contributed by atoms with Crippen LogP contribution in [0.4, 0.5) is 0 Å². The molecule has 2 aromatic rings. The number of fused-ring (bicyclic) bond motifs is 1. The fourth-order valence-corrected chi connectivity index (χ4v) is 1.47. The molecule has 0 aliphatic rings. The summed E-state index contributed by atoms with van der Waals surface area (Å²) in [5, 5.41) is 8.12. The third-order valence-corrected chi connectivity index (χ3v) is 2.31. The maximum atomic E-state index is 5.39. The second-order valence-electron chi connectivity index (χ2n) is 3.61. The van der Waals surface area contributed by atoms with Crippen LogP contribution in [0.5, 0.6) is 0 Å². The number of nitrogens with zero attached hydrogens (tertiary/aromatic N) is 3. The normalized spacial score (nSPS) is 11.1. The van der Waals surface area contributed by atoms with Gasteiger partial charge in [-0.1, -0.05) is 16.7 Å². The summed E-state index contributed by atoms with van der Waals surface area (Å²) in [6, 6.07) is 6.05. The summed E-state index contributed by atoms with van der Waals surface area (Å²) in [6.45, 7) is 1.55. The first kappa shape index (κ1) is 11.1. The molecule has 0 N–H and O–H groups in total. The third kappa shape index (κ3) is 2.40. The highest BCUT2D eigenvalue weighted by Gasteiger charge is 2.03. The molecule has 5 nitrogen and oxygen atoms in total. The Morgan fingerprint density at radius 2 is 2.25 bits per heavy atom. The van der Waals surface area contributed by atoms with Gasteiger partial charge in [0, 0.05) is 7.11 Å². The summed E-state index contributed by atoms with van der Waals surface area (Å²) >= 11 is 0. The van der Waals surface area contributed by atoms with Gasteiger partial charge in [0.25, 0.3) is 0 Å². The van der Waals surface area contributed by atoms with Crippen molar-refractivity contribution in [3.05, 3.63) is 18.2 Å². The number of hydrogen-bond donors (Lipinski definition) is 0. The summed E-state index contributed by atoms with van der Waals surface area (Å²) in [7, 11) is 3.69. The highest BCUT2D eigenvalue weighted by atomic mass is 16.5. The Morgan fingerprint density at radius 1 is 1.38 bits per heavy atom. The van der Waals surface area contributed by atoms with E-state index in [-0.39, 0.29) is 0 Å². The van der Waals surface area contributed by atoms with Crippen molar-refractivity contribution >= 4 is 24.3 Å². The maximum absolute atomic E-state index is 5.39. The monoisotopic (exact) mass is 219 g/mol. The molecular formula is C10H14BN3O2. The van der Waals surface area contributed by atoms with Crippen LogP contribution in [0.1, 0.15) is 0 Å². The van der Waals surface area contributed by atoms with E-state index in [1.165, 1.54) is 5.46 Å². The minimum absolute atomic E-state index is 0.406. The maximum Gasteiger partial charge on any atom is 0.141 e. The van der Waals surface area contributed by atoms with Gasteiger partial charge in [0.05, 0.1) is 18.7 Å². The van der Waals surface area contributed by atoms with Crippen molar-refractivity contribution in [3.63, 3.8) is 0 Å². The van der Waals surface area contributed by atoms with Crippen molar-refractivity contribution in [1.82, 2.24) is 15.0 Å². The zero-order valence-electron chi connectivity index (χ0n) is 9.51. The molecule has 84 valence electrons. The van der Waals surface area contributed by atoms with Gasteiger partial charge in [0.2, 0.25) is 0 Å². The first-order chi connectivity index (χ1) is 7.81. The molecule has 16 heavy (non-hydrogen) atoms. The summed E-state index contributed by atoms with van der Waals surface area (Å²) in [4.78, 5) is 0. The Hall–Kier alpha value is -1.40. The van der Waals surface area contributed by atoms with Crippen LogP contribution in [0.15, 0.2) is 18.2 Å². The summed E-state index contributed by atoms with van der Waals surface area (Å²) in [5.41, 5.74) is 3.07. The first-order valence-corrected chi connectivity index (χ1v) is 5.18. The minimum atomic E-state index is 0.406. The van der Waals surface area contributed by atoms with E-state index < -0.39 is 0 Å². The first-order valence-electron chi connectivity index (χ1n) is 5.18. The molecule has 1 heterocycles. The van der Waals surface area contributed by atoms with Gasteiger partial charge < -0.3 is 9.47 Å². The van der Waals surface area contributed by atoms with Crippen LogP contribution in [0, 0.1) is 0 Å². The summed E-state index contributed by atoms with van der Waals surface area (Å²) < 4.78 is 12.0. The van der Waals surface area contributed by atoms with E-state index in [1.807, 2.05) is 26.0 Å². The largest absolute Gasteiger partial charge is 0.382 e. The van der Waals surface area contributed by atoms with Crippen molar-refractivity contribution < 1.29 is 9.47 Å². The standard InChI is InChI=1S/C10H14BN3O2/c1-15-4-5-16-7-14-10-3-2-8(11)6-9(10)12-13-14/h2-3,6H,4-5,7,11H2,1H3. The second-order valence-corrected chi connectivity index (χ2v) is 3.61. The van der Waals surface area contributed by atoms with Gasteiger partial charge in [-0.25, -0.2) is 4.68 Å². The average molecular weight is 219 g/mol. The van der Waals surface area contributed by atoms with Crippen LogP contribution >= 0.6 is 0 Å². The van der Waals surface area contributed by atoms with E-state index in [1.54, 1.807) is 11.8 Å². The molecule has 0 aliphatic carbocycles. The predicted octanol–water partition coefficient (Wildman–Crippen LogP) is -0.690. The lowest BCUT2D eigenvalue weighted by atomic mass is 9.96. The van der Waals surface area contributed by atoms with Crippen LogP contribution in [-0.2, 0) is 16.2 Å². The van der Waals surface area contributed by atoms with Gasteiger partial charge in [0.15, 0.2) is 0 Å². The van der Waals surface area contributed by atoms with Gasteiger partial charge in [-0.3, -0.25) is 0 Å². The average Bonchev–Trinajstić information content (AvgIpc) is 2.67. The molecule has 0 aliphatic heterocycles. The number of rotatable bonds is 5. The van der Waals surface area contributed by atoms with E-state index in [0.29, 0.717) is 19.9 Å². The van der Waals surface area contributed by atoms with Gasteiger partial charge >= 0.3 is 0 Å². The van der Waals surface area contributed by atoms with E-state index in [0.717, 1.165) is 11.0 Å². The Kier molecular flexibility index (Phi) is 3.53. The molecule has 0 saturated heterocycles. The van der Waals surface area contributed by atoms with Crippen LogP contribution in [-0.4, -0.2) is 43.2 Å². The van der Waals surface area contributed by atoms with Crippen LogP contribution < -0.4 is 5.46 Å². The molecule has 0 atom stereocenters. The summed E-state index contributed by atoms with van der Waals surface area (Å²) in [5.74, 6) is 0. The summed E-state index contributed by atoms with van der Waals surface area (Å²) in [6.07, 6.45) is 0. The Balaban J connectivity index is 2.07. The van der Waals surface area contributed by atoms with Gasteiger partial charge in [-0.05, 0) is 12.1 Å². The van der Waals surface area contributed by atoms with Crippen molar-refractivity contribution in [3.8, 4) is 0 Å². The lowest BCUT2D eigenvalue weighted by Gasteiger charge is -2.03. The molecule has 0 radical (unpaired) electrons. The molecule has 2 rings (SSSR count). The molecule has 0 unspecified atom stereocenters. The van der Waals surface area contributed by atoms with E-state index in [9.17, 15) is 0 Å². The zero-order valence-corrected chi connectivity index (χ0v) is 9.51. The molecule has 0 spiro atoms. The molecule has 1 aromatic carbocycles. The third-order valence-electron chi connectivity index (χ3n) is 2.31. The number of benzene rings is 1. The van der Waals surface area contributed by atoms with Crippen LogP contribution in [0.3, 0.4) is 0 Å². The zero-order chi connectivity index (χ0) is 11.4. The quantitative estimate of drug-likeness (QED) is 0.493. The van der Waals surface area contributed by atoms with Crippen LogP contribution in [0.25, 0.3) is 11.0 Å². The molecule has 1 aromatic heterocycles. The number of ether oxygens (including phenoxy) is 2. The minimum Gasteiger partial charge on any atom is -0.382 e. The smallest absolute Gasteiger partial charge is 0.141 e.